The van der Waals surface area contributed by atoms with Crippen LogP contribution < -0.4 is 14.8 Å². The molecule has 4 rings (SSSR count). The molecule has 8 nitrogen and oxygen atoms in total. The fourth-order valence-electron chi connectivity index (χ4n) is 3.69. The van der Waals surface area contributed by atoms with Gasteiger partial charge in [0.25, 0.3) is 5.91 Å². The number of carbonyl (C=O) groups is 2. The van der Waals surface area contributed by atoms with Crippen LogP contribution in [0.5, 0.6) is 11.5 Å². The maximum absolute atomic E-state index is 12.7. The van der Waals surface area contributed by atoms with Crippen LogP contribution in [0.25, 0.3) is 0 Å². The predicted octanol–water partition coefficient (Wildman–Crippen LogP) is 1.10. The van der Waals surface area contributed by atoms with Gasteiger partial charge in [0.2, 0.25) is 0 Å². The largest absolute Gasteiger partial charge is 0.486 e. The van der Waals surface area contributed by atoms with Crippen molar-refractivity contribution in [3.05, 3.63) is 23.8 Å². The zero-order valence-corrected chi connectivity index (χ0v) is 15.3. The molecule has 3 aliphatic rings. The zero-order chi connectivity index (χ0) is 18.6. The van der Waals surface area contributed by atoms with Crippen LogP contribution in [-0.2, 0) is 4.74 Å². The summed E-state index contributed by atoms with van der Waals surface area (Å²) in [5, 5.41) is 3.08. The standard InChI is InChI=1S/C19H25N3O5/c23-18(15-2-1-3-16-17(15)27-13-12-26-16)20-14-4-6-21(7-5-14)19(24)22-8-10-25-11-9-22/h1-3,14H,4-13H2,(H,20,23). The van der Waals surface area contributed by atoms with E-state index >= 15 is 0 Å². The summed E-state index contributed by atoms with van der Waals surface area (Å²) in [5.74, 6) is 0.969. The van der Waals surface area contributed by atoms with Crippen LogP contribution in [0.2, 0.25) is 0 Å². The molecule has 0 aliphatic carbocycles. The Hall–Kier alpha value is -2.48. The molecule has 0 atom stereocenters. The summed E-state index contributed by atoms with van der Waals surface area (Å²) in [6.07, 6.45) is 1.49. The van der Waals surface area contributed by atoms with Gasteiger partial charge in [0.1, 0.15) is 13.2 Å². The van der Waals surface area contributed by atoms with Gasteiger partial charge in [-0.05, 0) is 25.0 Å². The normalized spacial score (nSPS) is 20.3. The number of piperidine rings is 1. The Morgan fingerprint density at radius 3 is 2.41 bits per heavy atom. The Morgan fingerprint density at radius 1 is 0.926 bits per heavy atom. The second kappa shape index (κ2) is 8.04. The van der Waals surface area contributed by atoms with Gasteiger partial charge in [0.05, 0.1) is 18.8 Å². The van der Waals surface area contributed by atoms with E-state index in [0.29, 0.717) is 69.7 Å². The average Bonchev–Trinajstić information content (AvgIpc) is 2.74. The summed E-state index contributed by atoms with van der Waals surface area (Å²) < 4.78 is 16.5. The molecule has 0 saturated carbocycles. The van der Waals surface area contributed by atoms with Crippen molar-refractivity contribution in [1.29, 1.82) is 0 Å². The van der Waals surface area contributed by atoms with Gasteiger partial charge in [0, 0.05) is 32.2 Å². The molecule has 1 N–H and O–H groups in total. The van der Waals surface area contributed by atoms with Crippen LogP contribution >= 0.6 is 0 Å². The number of carbonyl (C=O) groups excluding carboxylic acids is 2. The first-order valence-electron chi connectivity index (χ1n) is 9.53. The van der Waals surface area contributed by atoms with Crippen molar-refractivity contribution >= 4 is 11.9 Å². The number of nitrogens with zero attached hydrogens (tertiary/aromatic N) is 2. The number of rotatable bonds is 2. The predicted molar refractivity (Wildman–Crippen MR) is 97.3 cm³/mol. The summed E-state index contributed by atoms with van der Waals surface area (Å²) in [5.41, 5.74) is 0.499. The first kappa shape index (κ1) is 17.9. The van der Waals surface area contributed by atoms with Crippen LogP contribution in [0.15, 0.2) is 18.2 Å². The summed E-state index contributed by atoms with van der Waals surface area (Å²) in [6.45, 7) is 4.73. The van der Waals surface area contributed by atoms with Gasteiger partial charge in [-0.1, -0.05) is 6.07 Å². The van der Waals surface area contributed by atoms with E-state index in [1.807, 2.05) is 9.80 Å². The van der Waals surface area contributed by atoms with Crippen molar-refractivity contribution in [3.8, 4) is 11.5 Å². The highest BCUT2D eigenvalue weighted by Crippen LogP contribution is 2.33. The number of morpholine rings is 1. The van der Waals surface area contributed by atoms with Crippen molar-refractivity contribution in [2.75, 3.05) is 52.6 Å². The van der Waals surface area contributed by atoms with Crippen LogP contribution in [0.1, 0.15) is 23.2 Å². The molecule has 0 spiro atoms. The van der Waals surface area contributed by atoms with Crippen LogP contribution in [0.3, 0.4) is 0 Å². The number of para-hydroxylation sites is 1. The van der Waals surface area contributed by atoms with Crippen molar-refractivity contribution < 1.29 is 23.8 Å². The van der Waals surface area contributed by atoms with E-state index in [9.17, 15) is 9.59 Å². The lowest BCUT2D eigenvalue weighted by molar-refractivity contribution is 0.0407. The molecule has 0 aromatic heterocycles. The van der Waals surface area contributed by atoms with E-state index in [4.69, 9.17) is 14.2 Å². The van der Waals surface area contributed by atoms with E-state index in [0.717, 1.165) is 12.8 Å². The number of likely N-dealkylation sites (tertiary alicyclic amines) is 1. The van der Waals surface area contributed by atoms with Crippen molar-refractivity contribution in [1.82, 2.24) is 15.1 Å². The third-order valence-corrected chi connectivity index (χ3v) is 5.19. The van der Waals surface area contributed by atoms with Gasteiger partial charge in [-0.25, -0.2) is 4.79 Å². The Balaban J connectivity index is 1.32. The number of hydrogen-bond donors (Lipinski definition) is 1. The fourth-order valence-corrected chi connectivity index (χ4v) is 3.69. The highest BCUT2D eigenvalue weighted by atomic mass is 16.6. The van der Waals surface area contributed by atoms with E-state index in [1.54, 1.807) is 18.2 Å². The van der Waals surface area contributed by atoms with Gasteiger partial charge in [0.15, 0.2) is 11.5 Å². The van der Waals surface area contributed by atoms with E-state index in [-0.39, 0.29) is 18.0 Å². The molecule has 1 aromatic carbocycles. The van der Waals surface area contributed by atoms with Gasteiger partial charge >= 0.3 is 6.03 Å². The van der Waals surface area contributed by atoms with E-state index in [1.165, 1.54) is 0 Å². The molecule has 3 heterocycles. The summed E-state index contributed by atoms with van der Waals surface area (Å²) in [6, 6.07) is 5.48. The molecule has 27 heavy (non-hydrogen) atoms. The molecule has 2 fully saturated rings. The monoisotopic (exact) mass is 375 g/mol. The third-order valence-electron chi connectivity index (χ3n) is 5.19. The first-order valence-corrected chi connectivity index (χ1v) is 9.53. The van der Waals surface area contributed by atoms with Gasteiger partial charge in [-0.2, -0.15) is 0 Å². The van der Waals surface area contributed by atoms with E-state index < -0.39 is 0 Å². The maximum atomic E-state index is 12.7. The molecule has 1 aromatic rings. The number of benzene rings is 1. The summed E-state index contributed by atoms with van der Waals surface area (Å²) >= 11 is 0. The van der Waals surface area contributed by atoms with Crippen LogP contribution in [0.4, 0.5) is 4.79 Å². The average molecular weight is 375 g/mol. The molecule has 0 bridgehead atoms. The summed E-state index contributed by atoms with van der Waals surface area (Å²) in [4.78, 5) is 29.0. The Labute approximate surface area is 158 Å². The highest BCUT2D eigenvalue weighted by molar-refractivity contribution is 5.98. The van der Waals surface area contributed by atoms with Crippen molar-refractivity contribution in [2.45, 2.75) is 18.9 Å². The minimum Gasteiger partial charge on any atom is -0.486 e. The first-order chi connectivity index (χ1) is 13.2. The number of urea groups is 1. The number of nitrogens with one attached hydrogen (secondary N) is 1. The zero-order valence-electron chi connectivity index (χ0n) is 15.3. The number of ether oxygens (including phenoxy) is 3. The van der Waals surface area contributed by atoms with Gasteiger partial charge in [-0.15, -0.1) is 0 Å². The van der Waals surface area contributed by atoms with Crippen molar-refractivity contribution in [3.63, 3.8) is 0 Å². The van der Waals surface area contributed by atoms with Crippen LogP contribution in [-0.4, -0.2) is 80.4 Å². The number of hydrogen-bond acceptors (Lipinski definition) is 5. The fraction of sp³-hybridized carbons (Fsp3) is 0.579. The Kier molecular flexibility index (Phi) is 5.33. The minimum atomic E-state index is -0.157. The smallest absolute Gasteiger partial charge is 0.320 e. The topological polar surface area (TPSA) is 80.3 Å². The molecular weight excluding hydrogens is 350 g/mol. The highest BCUT2D eigenvalue weighted by Gasteiger charge is 2.29. The molecule has 3 amide bonds. The SMILES string of the molecule is O=C(NC1CCN(C(=O)N2CCOCC2)CC1)c1cccc2c1OCCO2. The minimum absolute atomic E-state index is 0.0478. The molecule has 3 aliphatic heterocycles. The molecule has 0 unspecified atom stereocenters. The molecule has 2 saturated heterocycles. The third kappa shape index (κ3) is 3.95. The quantitative estimate of drug-likeness (QED) is 0.837. The second-order valence-corrected chi connectivity index (χ2v) is 6.95. The maximum Gasteiger partial charge on any atom is 0.320 e. The summed E-state index contributed by atoms with van der Waals surface area (Å²) in [7, 11) is 0. The Morgan fingerprint density at radius 2 is 1.63 bits per heavy atom. The van der Waals surface area contributed by atoms with E-state index in [2.05, 4.69) is 5.32 Å². The van der Waals surface area contributed by atoms with Crippen molar-refractivity contribution in [2.24, 2.45) is 0 Å². The number of amides is 3. The Bertz CT molecular complexity index is 697. The molecular formula is C19H25N3O5. The molecule has 0 radical (unpaired) electrons. The lowest BCUT2D eigenvalue weighted by Crippen LogP contribution is -2.52. The lowest BCUT2D eigenvalue weighted by atomic mass is 10.0. The number of fused-ring (bicyclic) bond motifs is 1. The second-order valence-electron chi connectivity index (χ2n) is 6.95. The van der Waals surface area contributed by atoms with Crippen LogP contribution in [0, 0.1) is 0 Å². The lowest BCUT2D eigenvalue weighted by Gasteiger charge is -2.37. The molecule has 146 valence electrons. The van der Waals surface area contributed by atoms with Gasteiger partial charge in [-0.3, -0.25) is 4.79 Å². The molecule has 8 heteroatoms. The van der Waals surface area contributed by atoms with Gasteiger partial charge < -0.3 is 29.3 Å².